The maximum absolute atomic E-state index is 12.5. The van der Waals surface area contributed by atoms with Gasteiger partial charge in [0.25, 0.3) is 0 Å². The van der Waals surface area contributed by atoms with E-state index in [1.54, 1.807) is 97.1 Å². The van der Waals surface area contributed by atoms with Crippen molar-refractivity contribution in [2.45, 2.75) is 20.8 Å². The highest BCUT2D eigenvalue weighted by molar-refractivity contribution is 6.10. The first-order valence-corrected chi connectivity index (χ1v) is 15.7. The first-order valence-electron chi connectivity index (χ1n) is 15.7. The van der Waals surface area contributed by atoms with Crippen LogP contribution in [-0.4, -0.2) is 23.1 Å². The van der Waals surface area contributed by atoms with Crippen LogP contribution in [0.2, 0.25) is 0 Å². The molecule has 6 heteroatoms. The number of aryl methyl sites for hydroxylation is 1. The molecule has 0 heterocycles. The molecule has 0 bridgehead atoms. The summed E-state index contributed by atoms with van der Waals surface area (Å²) in [5.74, 6) is 2.55. The third-order valence-corrected chi connectivity index (χ3v) is 7.55. The van der Waals surface area contributed by atoms with Gasteiger partial charge in [0, 0.05) is 33.4 Å². The average Bonchev–Trinajstić information content (AvgIpc) is 3.13. The second-order valence-corrected chi connectivity index (χ2v) is 11.3. The van der Waals surface area contributed by atoms with Crippen molar-refractivity contribution < 1.29 is 28.7 Å². The molecule has 6 rings (SSSR count). The summed E-state index contributed by atoms with van der Waals surface area (Å²) in [4.78, 5) is 47.8. The van der Waals surface area contributed by atoms with Crippen molar-refractivity contribution in [1.29, 1.82) is 0 Å². The number of Topliss-reactive ketones (excluding diaryl/α,β-unsaturated/α-hetero) is 2. The van der Waals surface area contributed by atoms with Crippen LogP contribution in [0.3, 0.4) is 0 Å². The third-order valence-electron chi connectivity index (χ3n) is 7.55. The fourth-order valence-electron chi connectivity index (χ4n) is 4.78. The number of ketones is 4. The van der Waals surface area contributed by atoms with E-state index in [1.807, 2.05) is 61.5 Å². The molecule has 0 unspecified atom stereocenters. The highest BCUT2D eigenvalue weighted by Gasteiger charge is 2.12. The Morgan fingerprint density at radius 1 is 0.367 bits per heavy atom. The van der Waals surface area contributed by atoms with Gasteiger partial charge in [-0.15, -0.1) is 0 Å². The minimum absolute atomic E-state index is 0.0170. The van der Waals surface area contributed by atoms with Gasteiger partial charge in [-0.2, -0.15) is 0 Å². The van der Waals surface area contributed by atoms with Crippen molar-refractivity contribution in [1.82, 2.24) is 0 Å². The Morgan fingerprint density at radius 2 is 0.735 bits per heavy atom. The molecule has 0 amide bonds. The van der Waals surface area contributed by atoms with Gasteiger partial charge in [0.1, 0.15) is 23.0 Å². The number of benzene rings is 6. The van der Waals surface area contributed by atoms with Gasteiger partial charge in [-0.05, 0) is 99.6 Å². The van der Waals surface area contributed by atoms with Crippen LogP contribution < -0.4 is 9.47 Å². The maximum atomic E-state index is 12.5. The molecule has 0 aliphatic carbocycles. The van der Waals surface area contributed by atoms with Crippen LogP contribution in [0.4, 0.5) is 0 Å². The summed E-state index contributed by atoms with van der Waals surface area (Å²) in [5, 5.41) is 0. The zero-order valence-corrected chi connectivity index (χ0v) is 27.4. The Labute approximate surface area is 285 Å². The van der Waals surface area contributed by atoms with Crippen molar-refractivity contribution in [2.24, 2.45) is 0 Å². The second kappa shape index (κ2) is 15.9. The molecule has 6 aromatic rings. The minimum atomic E-state index is -0.121. The van der Waals surface area contributed by atoms with Gasteiger partial charge < -0.3 is 9.47 Å². The van der Waals surface area contributed by atoms with Gasteiger partial charge in [-0.1, -0.05) is 78.4 Å². The summed E-state index contributed by atoms with van der Waals surface area (Å²) in [6, 6.07) is 44.7. The molecule has 0 saturated heterocycles. The minimum Gasteiger partial charge on any atom is -0.457 e. The molecule has 0 aliphatic heterocycles. The zero-order chi connectivity index (χ0) is 34.8. The molecule has 0 radical (unpaired) electrons. The van der Waals surface area contributed by atoms with E-state index >= 15 is 0 Å². The molecule has 6 nitrogen and oxygen atoms in total. The van der Waals surface area contributed by atoms with Crippen molar-refractivity contribution in [2.75, 3.05) is 0 Å². The van der Waals surface area contributed by atoms with E-state index in [1.165, 1.54) is 19.4 Å². The molecule has 0 aliphatic rings. The van der Waals surface area contributed by atoms with E-state index in [0.717, 1.165) is 11.5 Å². The first kappa shape index (κ1) is 33.9. The van der Waals surface area contributed by atoms with Gasteiger partial charge in [0.2, 0.25) is 0 Å². The number of carbonyl (C=O) groups is 4. The number of ether oxygens (including phenoxy) is 2. The predicted molar refractivity (Wildman–Crippen MR) is 190 cm³/mol. The monoisotopic (exact) mass is 646 g/mol. The summed E-state index contributed by atoms with van der Waals surface area (Å²) in [6.07, 6.45) is 0. The lowest BCUT2D eigenvalue weighted by Gasteiger charge is -2.07. The van der Waals surface area contributed by atoms with Gasteiger partial charge >= 0.3 is 0 Å². The molecule has 0 N–H and O–H groups in total. The average molecular weight is 647 g/mol. The van der Waals surface area contributed by atoms with Crippen molar-refractivity contribution in [3.05, 3.63) is 191 Å². The maximum Gasteiger partial charge on any atom is 0.193 e. The Morgan fingerprint density at radius 3 is 1.20 bits per heavy atom. The van der Waals surface area contributed by atoms with E-state index in [2.05, 4.69) is 0 Å². The molecule has 0 saturated carbocycles. The summed E-state index contributed by atoms with van der Waals surface area (Å²) in [5.41, 5.74) is 4.48. The van der Waals surface area contributed by atoms with Crippen LogP contribution in [0.25, 0.3) is 0 Å². The molecule has 49 heavy (non-hydrogen) atoms. The smallest absolute Gasteiger partial charge is 0.193 e. The standard InChI is InChI=1S/C22H18O3.C21H16O3/c1-15-3-11-20(12-4-15)25-21-13-9-19(10-14-21)22(24)18-7-5-17(6-8-18)16(2)23;1-15(22)17-6-5-7-18(14-17)21(23)16-10-12-20(13-11-16)24-19-8-3-2-4-9-19/h3-14H,1-2H3;2-14H,1H3. The van der Waals surface area contributed by atoms with E-state index < -0.39 is 0 Å². The van der Waals surface area contributed by atoms with Gasteiger partial charge in [0.05, 0.1) is 0 Å². The normalized spacial score (nSPS) is 10.3. The van der Waals surface area contributed by atoms with Gasteiger partial charge in [-0.3, -0.25) is 19.2 Å². The van der Waals surface area contributed by atoms with Crippen LogP contribution in [-0.2, 0) is 0 Å². The third kappa shape index (κ3) is 9.33. The van der Waals surface area contributed by atoms with Crippen LogP contribution in [0, 0.1) is 6.92 Å². The van der Waals surface area contributed by atoms with E-state index in [9.17, 15) is 19.2 Å². The molecule has 0 aromatic heterocycles. The van der Waals surface area contributed by atoms with Crippen molar-refractivity contribution in [3.8, 4) is 23.0 Å². The fraction of sp³-hybridized carbons (Fsp3) is 0.0698. The lowest BCUT2D eigenvalue weighted by molar-refractivity contribution is 0.100. The first-order chi connectivity index (χ1) is 23.7. The van der Waals surface area contributed by atoms with Crippen LogP contribution >= 0.6 is 0 Å². The number of para-hydroxylation sites is 1. The Balaban J connectivity index is 0.000000191. The fourth-order valence-corrected chi connectivity index (χ4v) is 4.78. The number of hydrogen-bond donors (Lipinski definition) is 0. The Hall–Kier alpha value is -6.40. The summed E-state index contributed by atoms with van der Waals surface area (Å²) < 4.78 is 11.5. The molecular formula is C43H34O6. The highest BCUT2D eigenvalue weighted by Crippen LogP contribution is 2.24. The van der Waals surface area contributed by atoms with Crippen LogP contribution in [0.1, 0.15) is 72.0 Å². The summed E-state index contributed by atoms with van der Waals surface area (Å²) >= 11 is 0. The van der Waals surface area contributed by atoms with Crippen molar-refractivity contribution in [3.63, 3.8) is 0 Å². The number of carbonyl (C=O) groups excluding carboxylic acids is 4. The molecular weight excluding hydrogens is 612 g/mol. The number of rotatable bonds is 10. The van der Waals surface area contributed by atoms with Crippen LogP contribution in [0.5, 0.6) is 23.0 Å². The quantitative estimate of drug-likeness (QED) is 0.138. The molecule has 0 fully saturated rings. The van der Waals surface area contributed by atoms with Gasteiger partial charge in [-0.25, -0.2) is 0 Å². The molecule has 242 valence electrons. The topological polar surface area (TPSA) is 86.7 Å². The molecule has 0 atom stereocenters. The highest BCUT2D eigenvalue weighted by atomic mass is 16.5. The van der Waals surface area contributed by atoms with E-state index in [4.69, 9.17) is 9.47 Å². The molecule has 0 spiro atoms. The Bertz CT molecular complexity index is 2060. The summed E-state index contributed by atoms with van der Waals surface area (Å²) in [6.45, 7) is 5.01. The van der Waals surface area contributed by atoms with Gasteiger partial charge in [0.15, 0.2) is 23.1 Å². The SMILES string of the molecule is CC(=O)c1ccc(C(=O)c2ccc(Oc3ccc(C)cc3)cc2)cc1.CC(=O)c1cccc(C(=O)c2ccc(Oc3ccccc3)cc2)c1. The van der Waals surface area contributed by atoms with Crippen LogP contribution in [0.15, 0.2) is 152 Å². The lowest BCUT2D eigenvalue weighted by atomic mass is 10.0. The molecule has 6 aromatic carbocycles. The van der Waals surface area contributed by atoms with E-state index in [0.29, 0.717) is 44.9 Å². The Kier molecular flexibility index (Phi) is 11.0. The predicted octanol–water partition coefficient (Wildman–Crippen LogP) is 10.1. The van der Waals surface area contributed by atoms with E-state index in [-0.39, 0.29) is 23.1 Å². The second-order valence-electron chi connectivity index (χ2n) is 11.3. The zero-order valence-electron chi connectivity index (χ0n) is 27.4. The lowest BCUT2D eigenvalue weighted by Crippen LogP contribution is -2.03. The largest absolute Gasteiger partial charge is 0.457 e. The van der Waals surface area contributed by atoms with Crippen molar-refractivity contribution >= 4 is 23.1 Å². The summed E-state index contributed by atoms with van der Waals surface area (Å²) in [7, 11) is 0. The number of hydrogen-bond acceptors (Lipinski definition) is 6.